The van der Waals surface area contributed by atoms with Gasteiger partial charge in [0.25, 0.3) is 0 Å². The number of nitrogens with one attached hydrogen (secondary N) is 1. The lowest BCUT2D eigenvalue weighted by atomic mass is 9.82. The average Bonchev–Trinajstić information content (AvgIpc) is 2.50. The van der Waals surface area contributed by atoms with Crippen molar-refractivity contribution in [2.24, 2.45) is 11.3 Å². The van der Waals surface area contributed by atoms with Gasteiger partial charge in [-0.1, -0.05) is 13.8 Å². The van der Waals surface area contributed by atoms with Gasteiger partial charge in [0.15, 0.2) is 0 Å². The third-order valence-electron chi connectivity index (χ3n) is 2.75. The van der Waals surface area contributed by atoms with E-state index in [0.29, 0.717) is 5.92 Å². The Kier molecular flexibility index (Phi) is 3.27. The summed E-state index contributed by atoms with van der Waals surface area (Å²) < 4.78 is 0. The highest BCUT2D eigenvalue weighted by molar-refractivity contribution is 5.60. The summed E-state index contributed by atoms with van der Waals surface area (Å²) in [5.41, 5.74) is -0.0235. The molecular weight excluding hydrogens is 150 g/mol. The number of hydrogen-bond donors (Lipinski definition) is 1. The van der Waals surface area contributed by atoms with E-state index in [9.17, 15) is 4.79 Å². The fraction of sp³-hybridized carbons (Fsp3) is 0.900. The molecule has 0 spiro atoms. The van der Waals surface area contributed by atoms with Crippen LogP contribution in [0.1, 0.15) is 33.1 Å². The second-order valence-corrected chi connectivity index (χ2v) is 4.34. The van der Waals surface area contributed by atoms with Crippen molar-refractivity contribution in [2.75, 3.05) is 13.1 Å². The van der Waals surface area contributed by atoms with Crippen molar-refractivity contribution < 1.29 is 4.79 Å². The van der Waals surface area contributed by atoms with Crippen LogP contribution < -0.4 is 5.32 Å². The van der Waals surface area contributed by atoms with Crippen LogP contribution in [0.2, 0.25) is 0 Å². The smallest absolute Gasteiger partial charge is 0.127 e. The molecule has 0 radical (unpaired) electrons. The van der Waals surface area contributed by atoms with E-state index in [2.05, 4.69) is 19.2 Å². The Hall–Kier alpha value is -0.370. The summed E-state index contributed by atoms with van der Waals surface area (Å²) in [5.74, 6) is 0.711. The molecule has 1 aliphatic rings. The van der Waals surface area contributed by atoms with Crippen molar-refractivity contribution in [1.82, 2.24) is 5.32 Å². The molecule has 0 aromatic rings. The molecule has 70 valence electrons. The summed E-state index contributed by atoms with van der Waals surface area (Å²) in [7, 11) is 0. The van der Waals surface area contributed by atoms with E-state index >= 15 is 0 Å². The van der Waals surface area contributed by atoms with Gasteiger partial charge in [0, 0.05) is 12.0 Å². The zero-order valence-electron chi connectivity index (χ0n) is 8.10. The topological polar surface area (TPSA) is 29.1 Å². The molecule has 0 aliphatic carbocycles. The second-order valence-electron chi connectivity index (χ2n) is 4.34. The molecule has 1 fully saturated rings. The molecule has 1 atom stereocenters. The fourth-order valence-electron chi connectivity index (χ4n) is 1.71. The molecule has 1 aliphatic heterocycles. The Morgan fingerprint density at radius 1 is 1.58 bits per heavy atom. The molecule has 0 saturated carbocycles. The quantitative estimate of drug-likeness (QED) is 0.648. The van der Waals surface area contributed by atoms with Gasteiger partial charge >= 0.3 is 0 Å². The van der Waals surface area contributed by atoms with Crippen LogP contribution in [0.4, 0.5) is 0 Å². The standard InChI is InChI=1S/C10H19NO/c1-9(2)3-4-10(8-12)5-6-11-7-10/h8-9,11H,3-7H2,1-2H3. The molecule has 2 heteroatoms. The average molecular weight is 169 g/mol. The molecule has 1 heterocycles. The number of carbonyl (C=O) groups excluding carboxylic acids is 1. The van der Waals surface area contributed by atoms with Gasteiger partial charge in [-0.15, -0.1) is 0 Å². The molecule has 1 saturated heterocycles. The Labute approximate surface area is 74.7 Å². The zero-order valence-corrected chi connectivity index (χ0v) is 8.10. The predicted molar refractivity (Wildman–Crippen MR) is 50.1 cm³/mol. The first-order valence-corrected chi connectivity index (χ1v) is 4.86. The summed E-state index contributed by atoms with van der Waals surface area (Å²) in [4.78, 5) is 10.9. The molecule has 0 bridgehead atoms. The van der Waals surface area contributed by atoms with E-state index in [1.807, 2.05) is 0 Å². The highest BCUT2D eigenvalue weighted by Crippen LogP contribution is 2.29. The summed E-state index contributed by atoms with van der Waals surface area (Å²) in [6, 6.07) is 0. The molecular formula is C10H19NO. The van der Waals surface area contributed by atoms with Crippen LogP contribution in [-0.2, 0) is 4.79 Å². The second kappa shape index (κ2) is 4.04. The van der Waals surface area contributed by atoms with Gasteiger partial charge < -0.3 is 10.1 Å². The zero-order chi connectivity index (χ0) is 9.03. The molecule has 1 rings (SSSR count). The van der Waals surface area contributed by atoms with Gasteiger partial charge in [-0.3, -0.25) is 0 Å². The summed E-state index contributed by atoms with van der Waals surface area (Å²) >= 11 is 0. The molecule has 2 nitrogen and oxygen atoms in total. The predicted octanol–water partition coefficient (Wildman–Crippen LogP) is 1.60. The SMILES string of the molecule is CC(C)CCC1(C=O)CCNC1. The van der Waals surface area contributed by atoms with E-state index in [1.54, 1.807) is 0 Å². The van der Waals surface area contributed by atoms with Crippen LogP contribution in [-0.4, -0.2) is 19.4 Å². The van der Waals surface area contributed by atoms with Crippen molar-refractivity contribution in [3.05, 3.63) is 0 Å². The minimum Gasteiger partial charge on any atom is -0.316 e. The van der Waals surface area contributed by atoms with E-state index < -0.39 is 0 Å². The maximum absolute atomic E-state index is 10.9. The molecule has 0 aromatic carbocycles. The maximum atomic E-state index is 10.9. The molecule has 1 unspecified atom stereocenters. The molecule has 0 aromatic heterocycles. The summed E-state index contributed by atoms with van der Waals surface area (Å²) in [6.07, 6.45) is 4.42. The van der Waals surface area contributed by atoms with Crippen molar-refractivity contribution in [2.45, 2.75) is 33.1 Å². The van der Waals surface area contributed by atoms with Crippen LogP contribution in [0.25, 0.3) is 0 Å². The van der Waals surface area contributed by atoms with Gasteiger partial charge in [0.05, 0.1) is 0 Å². The number of rotatable bonds is 4. The molecule has 1 N–H and O–H groups in total. The third-order valence-corrected chi connectivity index (χ3v) is 2.75. The summed E-state index contributed by atoms with van der Waals surface area (Å²) in [5, 5.41) is 3.26. The highest BCUT2D eigenvalue weighted by Gasteiger charge is 2.32. The van der Waals surface area contributed by atoms with Crippen molar-refractivity contribution >= 4 is 6.29 Å². The van der Waals surface area contributed by atoms with Gasteiger partial charge in [-0.05, 0) is 31.7 Å². The Balaban J connectivity index is 2.39. The molecule has 0 amide bonds. The van der Waals surface area contributed by atoms with Crippen LogP contribution in [0.15, 0.2) is 0 Å². The van der Waals surface area contributed by atoms with Crippen molar-refractivity contribution in [3.8, 4) is 0 Å². The van der Waals surface area contributed by atoms with Gasteiger partial charge in [0.2, 0.25) is 0 Å². The largest absolute Gasteiger partial charge is 0.316 e. The first kappa shape index (κ1) is 9.72. The fourth-order valence-corrected chi connectivity index (χ4v) is 1.71. The van der Waals surface area contributed by atoms with Crippen molar-refractivity contribution in [3.63, 3.8) is 0 Å². The lowest BCUT2D eigenvalue weighted by Crippen LogP contribution is -2.26. The highest BCUT2D eigenvalue weighted by atomic mass is 16.1. The molecule has 12 heavy (non-hydrogen) atoms. The minimum absolute atomic E-state index is 0.0235. The van der Waals surface area contributed by atoms with Crippen LogP contribution in [0.5, 0.6) is 0 Å². The van der Waals surface area contributed by atoms with Crippen LogP contribution >= 0.6 is 0 Å². The third kappa shape index (κ3) is 2.31. The Morgan fingerprint density at radius 3 is 2.75 bits per heavy atom. The van der Waals surface area contributed by atoms with E-state index in [1.165, 1.54) is 6.42 Å². The number of carbonyl (C=O) groups is 1. The summed E-state index contributed by atoms with van der Waals surface area (Å²) in [6.45, 7) is 6.32. The Bertz CT molecular complexity index is 148. The minimum atomic E-state index is -0.0235. The monoisotopic (exact) mass is 169 g/mol. The van der Waals surface area contributed by atoms with Gasteiger partial charge in [0.1, 0.15) is 6.29 Å². The first-order chi connectivity index (χ1) is 5.68. The number of hydrogen-bond acceptors (Lipinski definition) is 2. The van der Waals surface area contributed by atoms with Crippen LogP contribution in [0.3, 0.4) is 0 Å². The van der Waals surface area contributed by atoms with E-state index in [0.717, 1.165) is 32.2 Å². The van der Waals surface area contributed by atoms with Gasteiger partial charge in [-0.2, -0.15) is 0 Å². The van der Waals surface area contributed by atoms with E-state index in [-0.39, 0.29) is 5.41 Å². The van der Waals surface area contributed by atoms with Gasteiger partial charge in [-0.25, -0.2) is 0 Å². The van der Waals surface area contributed by atoms with Crippen molar-refractivity contribution in [1.29, 1.82) is 0 Å². The lowest BCUT2D eigenvalue weighted by Gasteiger charge is -2.21. The Morgan fingerprint density at radius 2 is 2.33 bits per heavy atom. The normalized spacial score (nSPS) is 29.6. The number of aldehydes is 1. The van der Waals surface area contributed by atoms with E-state index in [4.69, 9.17) is 0 Å². The first-order valence-electron chi connectivity index (χ1n) is 4.86. The maximum Gasteiger partial charge on any atom is 0.127 e. The lowest BCUT2D eigenvalue weighted by molar-refractivity contribution is -0.115. The van der Waals surface area contributed by atoms with Crippen LogP contribution in [0, 0.1) is 11.3 Å².